The average Bonchev–Trinajstić information content (AvgIpc) is 3.31. The number of unbranched alkanes of at least 4 members (excludes halogenated alkanes) is 1. The molecule has 2 aromatic heterocycles. The number of nitrogens with zero attached hydrogens (tertiary/aromatic N) is 5. The summed E-state index contributed by atoms with van der Waals surface area (Å²) in [6, 6.07) is 6.15. The van der Waals surface area contributed by atoms with Crippen molar-refractivity contribution in [3.05, 3.63) is 41.3 Å². The highest BCUT2D eigenvalue weighted by Crippen LogP contribution is 2.32. The second-order valence-electron chi connectivity index (χ2n) is 7.04. The molecule has 1 aliphatic heterocycles. The van der Waals surface area contributed by atoms with Crippen LogP contribution in [0.2, 0.25) is 0 Å². The first-order valence-electron chi connectivity index (χ1n) is 9.52. The van der Waals surface area contributed by atoms with Crippen molar-refractivity contribution < 1.29 is 17.2 Å². The van der Waals surface area contributed by atoms with Crippen LogP contribution in [0.5, 0.6) is 0 Å². The summed E-state index contributed by atoms with van der Waals surface area (Å²) < 4.78 is 48.2. The lowest BCUT2D eigenvalue weighted by molar-refractivity contribution is 0.385. The van der Waals surface area contributed by atoms with E-state index >= 15 is 0 Å². The molecule has 3 heterocycles. The van der Waals surface area contributed by atoms with Crippen LogP contribution in [0.25, 0.3) is 23.0 Å². The minimum Gasteiger partial charge on any atom is -0.414 e. The van der Waals surface area contributed by atoms with Crippen LogP contribution in [0.4, 0.5) is 4.39 Å². The number of sulfonamides is 1. The molecule has 154 valence electrons. The highest BCUT2D eigenvalue weighted by atomic mass is 32.2. The summed E-state index contributed by atoms with van der Waals surface area (Å²) in [5, 5.41) is 12.5. The van der Waals surface area contributed by atoms with Gasteiger partial charge in [-0.05, 0) is 18.6 Å². The van der Waals surface area contributed by atoms with Gasteiger partial charge in [-0.2, -0.15) is 9.40 Å². The molecule has 0 amide bonds. The minimum atomic E-state index is -3.34. The zero-order chi connectivity index (χ0) is 20.6. The predicted octanol–water partition coefficient (Wildman–Crippen LogP) is 2.76. The van der Waals surface area contributed by atoms with Crippen LogP contribution in [0.3, 0.4) is 0 Å². The Bertz CT molecular complexity index is 1140. The molecule has 4 rings (SSSR count). The van der Waals surface area contributed by atoms with Crippen molar-refractivity contribution in [2.45, 2.75) is 32.7 Å². The normalized spacial score (nSPS) is 14.9. The number of aryl methyl sites for hydroxylation is 1. The van der Waals surface area contributed by atoms with Gasteiger partial charge in [0.1, 0.15) is 5.82 Å². The van der Waals surface area contributed by atoms with Crippen LogP contribution in [-0.2, 0) is 30.0 Å². The summed E-state index contributed by atoms with van der Waals surface area (Å²) in [5.74, 6) is -0.125. The minimum absolute atomic E-state index is 0.0562. The first-order valence-corrected chi connectivity index (χ1v) is 11.1. The quantitative estimate of drug-likeness (QED) is 0.610. The number of fused-ring (bicyclic) bond motifs is 1. The number of rotatable bonds is 6. The van der Waals surface area contributed by atoms with Crippen molar-refractivity contribution in [2.75, 3.05) is 12.3 Å². The Kier molecular flexibility index (Phi) is 5.22. The summed E-state index contributed by atoms with van der Waals surface area (Å²) in [6.07, 6.45) is 2.00. The summed E-state index contributed by atoms with van der Waals surface area (Å²) in [5.41, 5.74) is 2.34. The average molecular weight is 419 g/mol. The van der Waals surface area contributed by atoms with Gasteiger partial charge >= 0.3 is 0 Å². The van der Waals surface area contributed by atoms with Gasteiger partial charge in [0.05, 0.1) is 11.3 Å². The van der Waals surface area contributed by atoms with Crippen LogP contribution in [0.15, 0.2) is 28.7 Å². The Labute approximate surface area is 168 Å². The van der Waals surface area contributed by atoms with Crippen LogP contribution < -0.4 is 0 Å². The Morgan fingerprint density at radius 1 is 1.21 bits per heavy atom. The zero-order valence-electron chi connectivity index (χ0n) is 16.3. The third-order valence-electron chi connectivity index (χ3n) is 5.09. The van der Waals surface area contributed by atoms with Gasteiger partial charge in [0.15, 0.2) is 5.69 Å². The Morgan fingerprint density at radius 2 is 1.97 bits per heavy atom. The van der Waals surface area contributed by atoms with Gasteiger partial charge in [-0.3, -0.25) is 4.68 Å². The van der Waals surface area contributed by atoms with E-state index in [1.165, 1.54) is 10.4 Å². The van der Waals surface area contributed by atoms with E-state index in [-0.39, 0.29) is 29.6 Å². The third kappa shape index (κ3) is 3.69. The second-order valence-corrected chi connectivity index (χ2v) is 9.13. The van der Waals surface area contributed by atoms with Gasteiger partial charge in [0, 0.05) is 37.8 Å². The van der Waals surface area contributed by atoms with Gasteiger partial charge in [-0.1, -0.05) is 25.5 Å². The molecule has 3 aromatic rings. The van der Waals surface area contributed by atoms with Gasteiger partial charge in [0.25, 0.3) is 11.8 Å². The highest BCUT2D eigenvalue weighted by molar-refractivity contribution is 7.89. The third-order valence-corrected chi connectivity index (χ3v) is 6.99. The molecule has 0 N–H and O–H groups in total. The standard InChI is InChI=1S/C19H22FN5O3S/c1-3-4-11-29(26,27)25-10-9-16-14(12-25)17(23-24(16)2)19-22-21-18(28-19)13-7-5-6-8-15(13)20/h5-8H,3-4,9-12H2,1-2H3. The molecule has 1 aliphatic rings. The molecule has 0 bridgehead atoms. The molecular weight excluding hydrogens is 397 g/mol. The Morgan fingerprint density at radius 3 is 2.72 bits per heavy atom. The van der Waals surface area contributed by atoms with E-state index in [0.717, 1.165) is 17.7 Å². The van der Waals surface area contributed by atoms with E-state index in [1.54, 1.807) is 29.9 Å². The van der Waals surface area contributed by atoms with E-state index in [0.29, 0.717) is 25.1 Å². The number of aromatic nitrogens is 4. The lowest BCUT2D eigenvalue weighted by Gasteiger charge is -2.26. The maximum atomic E-state index is 14.0. The highest BCUT2D eigenvalue weighted by Gasteiger charge is 2.32. The number of hydrogen-bond acceptors (Lipinski definition) is 6. The predicted molar refractivity (Wildman–Crippen MR) is 105 cm³/mol. The molecule has 0 unspecified atom stereocenters. The molecule has 8 nitrogen and oxygen atoms in total. The maximum Gasteiger partial charge on any atom is 0.268 e. The second kappa shape index (κ2) is 7.68. The lowest BCUT2D eigenvalue weighted by atomic mass is 10.1. The van der Waals surface area contributed by atoms with Gasteiger partial charge in [0.2, 0.25) is 10.0 Å². The van der Waals surface area contributed by atoms with Crippen LogP contribution >= 0.6 is 0 Å². The van der Waals surface area contributed by atoms with E-state index in [9.17, 15) is 12.8 Å². The zero-order valence-corrected chi connectivity index (χ0v) is 17.1. The molecule has 29 heavy (non-hydrogen) atoms. The van der Waals surface area contributed by atoms with Crippen molar-refractivity contribution in [2.24, 2.45) is 7.05 Å². The fraction of sp³-hybridized carbons (Fsp3) is 0.421. The molecule has 0 radical (unpaired) electrons. The van der Waals surface area contributed by atoms with Crippen molar-refractivity contribution in [3.63, 3.8) is 0 Å². The molecule has 0 saturated carbocycles. The molecule has 0 atom stereocenters. The summed E-state index contributed by atoms with van der Waals surface area (Å²) in [6.45, 7) is 2.59. The van der Waals surface area contributed by atoms with Crippen molar-refractivity contribution >= 4 is 10.0 Å². The molecular formula is C19H22FN5O3S. The van der Waals surface area contributed by atoms with Crippen molar-refractivity contribution in [1.29, 1.82) is 0 Å². The fourth-order valence-electron chi connectivity index (χ4n) is 3.50. The molecule has 0 spiro atoms. The number of benzene rings is 1. The number of halogens is 1. The fourth-order valence-corrected chi connectivity index (χ4v) is 5.10. The summed E-state index contributed by atoms with van der Waals surface area (Å²) in [7, 11) is -1.54. The Hall–Kier alpha value is -2.59. The Balaban J connectivity index is 1.68. The molecule has 0 fully saturated rings. The van der Waals surface area contributed by atoms with Crippen LogP contribution in [-0.4, -0.2) is 45.0 Å². The van der Waals surface area contributed by atoms with E-state index in [4.69, 9.17) is 4.42 Å². The van der Waals surface area contributed by atoms with Crippen molar-refractivity contribution in [1.82, 2.24) is 24.3 Å². The molecule has 0 aliphatic carbocycles. The number of hydrogen-bond donors (Lipinski definition) is 0. The van der Waals surface area contributed by atoms with Gasteiger partial charge in [-0.25, -0.2) is 12.8 Å². The van der Waals surface area contributed by atoms with Gasteiger partial charge < -0.3 is 4.42 Å². The maximum absolute atomic E-state index is 14.0. The van der Waals surface area contributed by atoms with Crippen LogP contribution in [0, 0.1) is 5.82 Å². The van der Waals surface area contributed by atoms with Crippen LogP contribution in [0.1, 0.15) is 31.0 Å². The molecule has 1 aromatic carbocycles. The van der Waals surface area contributed by atoms with Crippen molar-refractivity contribution in [3.8, 4) is 23.0 Å². The first kappa shape index (κ1) is 19.7. The molecule has 0 saturated heterocycles. The largest absolute Gasteiger partial charge is 0.414 e. The smallest absolute Gasteiger partial charge is 0.268 e. The van der Waals surface area contributed by atoms with E-state index in [2.05, 4.69) is 15.3 Å². The SMILES string of the molecule is CCCCS(=O)(=O)N1CCc2c(c(-c3nnc(-c4ccccc4F)o3)nn2C)C1. The summed E-state index contributed by atoms with van der Waals surface area (Å²) >= 11 is 0. The van der Waals surface area contributed by atoms with E-state index < -0.39 is 15.8 Å². The van der Waals surface area contributed by atoms with Gasteiger partial charge in [-0.15, -0.1) is 10.2 Å². The topological polar surface area (TPSA) is 94.1 Å². The lowest BCUT2D eigenvalue weighted by Crippen LogP contribution is -2.37. The monoisotopic (exact) mass is 419 g/mol. The molecule has 10 heteroatoms. The summed E-state index contributed by atoms with van der Waals surface area (Å²) in [4.78, 5) is 0. The first-order chi connectivity index (χ1) is 13.9. The van der Waals surface area contributed by atoms with E-state index in [1.807, 2.05) is 6.92 Å².